The Bertz CT molecular complexity index is 216. The first kappa shape index (κ1) is 7.12. The summed E-state index contributed by atoms with van der Waals surface area (Å²) in [4.78, 5) is 0. The van der Waals surface area contributed by atoms with Gasteiger partial charge in [0.05, 0.1) is 11.5 Å². The summed E-state index contributed by atoms with van der Waals surface area (Å²) in [5.74, 6) is 1.23. The number of nitriles is 1. The van der Waals surface area contributed by atoms with Crippen LogP contribution in [0.3, 0.4) is 0 Å². The third-order valence-electron chi connectivity index (χ3n) is 3.59. The average Bonchev–Trinajstić information content (AvgIpc) is 2.45. The second-order valence-electron chi connectivity index (χ2n) is 4.33. The average molecular weight is 150 g/mol. The third kappa shape index (κ3) is 0.810. The molecule has 2 rings (SSSR count). The predicted octanol–water partition coefficient (Wildman–Crippen LogP) is 1.27. The van der Waals surface area contributed by atoms with Crippen LogP contribution >= 0.6 is 0 Å². The van der Waals surface area contributed by atoms with E-state index in [1.54, 1.807) is 0 Å². The SMILES string of the molecule is CC1(C#N)CC2CC1CC2N. The van der Waals surface area contributed by atoms with E-state index in [9.17, 15) is 0 Å². The van der Waals surface area contributed by atoms with Crippen molar-refractivity contribution in [2.75, 3.05) is 0 Å². The Labute approximate surface area is 67.4 Å². The maximum absolute atomic E-state index is 8.94. The smallest absolute Gasteiger partial charge is 0.0689 e. The molecule has 4 unspecified atom stereocenters. The number of nitrogens with zero attached hydrogens (tertiary/aromatic N) is 1. The highest BCUT2D eigenvalue weighted by Crippen LogP contribution is 2.54. The fourth-order valence-electron chi connectivity index (χ4n) is 2.76. The van der Waals surface area contributed by atoms with Gasteiger partial charge in [-0.2, -0.15) is 5.26 Å². The summed E-state index contributed by atoms with van der Waals surface area (Å²) in [5.41, 5.74) is 5.85. The standard InChI is InChI=1S/C9H14N2/c1-9(5-10)4-6-2-7(9)3-8(6)11/h6-8H,2-4,11H2,1H3. The van der Waals surface area contributed by atoms with Crippen LogP contribution in [0.2, 0.25) is 0 Å². The molecule has 0 aliphatic heterocycles. The van der Waals surface area contributed by atoms with Crippen molar-refractivity contribution in [3.8, 4) is 6.07 Å². The van der Waals surface area contributed by atoms with Crippen molar-refractivity contribution >= 4 is 0 Å². The zero-order valence-corrected chi connectivity index (χ0v) is 6.88. The van der Waals surface area contributed by atoms with E-state index < -0.39 is 0 Å². The van der Waals surface area contributed by atoms with Gasteiger partial charge >= 0.3 is 0 Å². The monoisotopic (exact) mass is 150 g/mol. The lowest BCUT2D eigenvalue weighted by Gasteiger charge is -2.29. The molecule has 0 radical (unpaired) electrons. The van der Waals surface area contributed by atoms with Gasteiger partial charge in [-0.25, -0.2) is 0 Å². The molecule has 2 heteroatoms. The van der Waals surface area contributed by atoms with E-state index in [1.807, 2.05) is 0 Å². The molecular weight excluding hydrogens is 136 g/mol. The summed E-state index contributed by atoms with van der Waals surface area (Å²) < 4.78 is 0. The second kappa shape index (κ2) is 1.98. The van der Waals surface area contributed by atoms with Crippen LogP contribution in [0.4, 0.5) is 0 Å². The molecule has 0 heterocycles. The maximum atomic E-state index is 8.94. The van der Waals surface area contributed by atoms with Crippen LogP contribution in [0.5, 0.6) is 0 Å². The Balaban J connectivity index is 2.21. The fourth-order valence-corrected chi connectivity index (χ4v) is 2.76. The summed E-state index contributed by atoms with van der Waals surface area (Å²) in [5, 5.41) is 8.94. The van der Waals surface area contributed by atoms with Gasteiger partial charge in [-0.1, -0.05) is 0 Å². The number of hydrogen-bond acceptors (Lipinski definition) is 2. The van der Waals surface area contributed by atoms with Gasteiger partial charge < -0.3 is 5.73 Å². The number of fused-ring (bicyclic) bond motifs is 2. The fraction of sp³-hybridized carbons (Fsp3) is 0.889. The van der Waals surface area contributed by atoms with Crippen LogP contribution in [-0.4, -0.2) is 6.04 Å². The van der Waals surface area contributed by atoms with Crippen LogP contribution in [0.25, 0.3) is 0 Å². The van der Waals surface area contributed by atoms with Crippen molar-refractivity contribution in [1.29, 1.82) is 5.26 Å². The Morgan fingerprint density at radius 3 is 2.64 bits per heavy atom. The Hall–Kier alpha value is -0.550. The minimum atomic E-state index is -0.0411. The molecule has 2 N–H and O–H groups in total. The van der Waals surface area contributed by atoms with E-state index in [1.165, 1.54) is 6.42 Å². The molecule has 4 atom stereocenters. The minimum Gasteiger partial charge on any atom is -0.327 e. The van der Waals surface area contributed by atoms with E-state index in [-0.39, 0.29) is 5.41 Å². The van der Waals surface area contributed by atoms with Crippen molar-refractivity contribution in [2.24, 2.45) is 23.0 Å². The summed E-state index contributed by atoms with van der Waals surface area (Å²) in [7, 11) is 0. The number of nitrogens with two attached hydrogens (primary N) is 1. The van der Waals surface area contributed by atoms with Gasteiger partial charge in [-0.15, -0.1) is 0 Å². The molecule has 2 bridgehead atoms. The van der Waals surface area contributed by atoms with Crippen molar-refractivity contribution in [3.05, 3.63) is 0 Å². The molecule has 60 valence electrons. The highest BCUT2D eigenvalue weighted by Gasteiger charge is 2.51. The Kier molecular flexibility index (Phi) is 1.28. The van der Waals surface area contributed by atoms with E-state index in [2.05, 4.69) is 13.0 Å². The van der Waals surface area contributed by atoms with Gasteiger partial charge in [-0.3, -0.25) is 0 Å². The maximum Gasteiger partial charge on any atom is 0.0689 e. The predicted molar refractivity (Wildman–Crippen MR) is 42.5 cm³/mol. The Morgan fingerprint density at radius 1 is 1.55 bits per heavy atom. The van der Waals surface area contributed by atoms with Gasteiger partial charge in [0.15, 0.2) is 0 Å². The number of hydrogen-bond donors (Lipinski definition) is 1. The highest BCUT2D eigenvalue weighted by molar-refractivity contribution is 5.12. The van der Waals surface area contributed by atoms with Gasteiger partial charge in [0.1, 0.15) is 0 Å². The molecule has 0 aromatic heterocycles. The molecule has 2 aliphatic rings. The molecule has 0 aromatic carbocycles. The van der Waals surface area contributed by atoms with E-state index in [0.717, 1.165) is 12.8 Å². The summed E-state index contributed by atoms with van der Waals surface area (Å²) in [6.07, 6.45) is 3.31. The molecule has 2 fully saturated rings. The molecule has 0 aromatic rings. The van der Waals surface area contributed by atoms with Crippen LogP contribution in [0, 0.1) is 28.6 Å². The Morgan fingerprint density at radius 2 is 2.27 bits per heavy atom. The van der Waals surface area contributed by atoms with Gasteiger partial charge in [0.2, 0.25) is 0 Å². The molecule has 0 saturated heterocycles. The summed E-state index contributed by atoms with van der Waals surface area (Å²) in [6.45, 7) is 2.09. The van der Waals surface area contributed by atoms with Crippen LogP contribution < -0.4 is 5.73 Å². The highest BCUT2D eigenvalue weighted by atomic mass is 14.7. The largest absolute Gasteiger partial charge is 0.327 e. The molecule has 0 spiro atoms. The van der Waals surface area contributed by atoms with Crippen LogP contribution in [0.1, 0.15) is 26.2 Å². The molecule has 11 heavy (non-hydrogen) atoms. The first-order valence-corrected chi connectivity index (χ1v) is 4.32. The van der Waals surface area contributed by atoms with Crippen molar-refractivity contribution in [2.45, 2.75) is 32.2 Å². The first-order chi connectivity index (χ1) is 5.15. The van der Waals surface area contributed by atoms with Gasteiger partial charge in [0, 0.05) is 6.04 Å². The summed E-state index contributed by atoms with van der Waals surface area (Å²) in [6, 6.07) is 2.83. The molecule has 2 nitrogen and oxygen atoms in total. The molecule has 2 saturated carbocycles. The lowest BCUT2D eigenvalue weighted by atomic mass is 9.75. The summed E-state index contributed by atoms with van der Waals surface area (Å²) >= 11 is 0. The van der Waals surface area contributed by atoms with Gasteiger partial charge in [0.25, 0.3) is 0 Å². The lowest BCUT2D eigenvalue weighted by molar-refractivity contribution is 0.249. The van der Waals surface area contributed by atoms with Crippen LogP contribution in [0.15, 0.2) is 0 Å². The van der Waals surface area contributed by atoms with E-state index in [0.29, 0.717) is 17.9 Å². The lowest BCUT2D eigenvalue weighted by Crippen LogP contribution is -2.34. The van der Waals surface area contributed by atoms with Crippen LogP contribution in [-0.2, 0) is 0 Å². The molecule has 2 aliphatic carbocycles. The topological polar surface area (TPSA) is 49.8 Å². The zero-order chi connectivity index (χ0) is 8.06. The zero-order valence-electron chi connectivity index (χ0n) is 6.88. The molecular formula is C9H14N2. The van der Waals surface area contributed by atoms with Crippen molar-refractivity contribution < 1.29 is 0 Å². The third-order valence-corrected chi connectivity index (χ3v) is 3.59. The van der Waals surface area contributed by atoms with Crippen molar-refractivity contribution in [1.82, 2.24) is 0 Å². The van der Waals surface area contributed by atoms with E-state index in [4.69, 9.17) is 11.0 Å². The first-order valence-electron chi connectivity index (χ1n) is 4.32. The van der Waals surface area contributed by atoms with E-state index >= 15 is 0 Å². The minimum absolute atomic E-state index is 0.0411. The quantitative estimate of drug-likeness (QED) is 0.565. The second-order valence-corrected chi connectivity index (χ2v) is 4.33. The normalized spacial score (nSPS) is 54.5. The van der Waals surface area contributed by atoms with Gasteiger partial charge in [-0.05, 0) is 38.0 Å². The number of rotatable bonds is 0. The molecule has 0 amide bonds. The van der Waals surface area contributed by atoms with Crippen molar-refractivity contribution in [3.63, 3.8) is 0 Å².